The molecule has 192 valence electrons. The smallest absolute Gasteiger partial charge is 0.242 e. The summed E-state index contributed by atoms with van der Waals surface area (Å²) in [5, 5.41) is 2.82. The number of amides is 2. The van der Waals surface area contributed by atoms with Crippen LogP contribution in [0.1, 0.15) is 44.2 Å². The number of benzene rings is 2. The third-order valence-electron chi connectivity index (χ3n) is 5.69. The van der Waals surface area contributed by atoms with Crippen molar-refractivity contribution in [1.82, 2.24) is 10.2 Å². The Bertz CT molecular complexity index is 1090. The highest BCUT2D eigenvalue weighted by Gasteiger charge is 2.28. The van der Waals surface area contributed by atoms with Crippen LogP contribution in [0.25, 0.3) is 0 Å². The van der Waals surface area contributed by atoms with Crippen molar-refractivity contribution in [3.63, 3.8) is 0 Å². The number of anilines is 1. The van der Waals surface area contributed by atoms with E-state index < -0.39 is 16.1 Å². The summed E-state index contributed by atoms with van der Waals surface area (Å²) in [4.78, 5) is 27.7. The summed E-state index contributed by atoms with van der Waals surface area (Å²) in [6.07, 6.45) is 2.07. The molecule has 0 aliphatic carbocycles. The van der Waals surface area contributed by atoms with E-state index in [1.165, 1.54) is 4.31 Å². The van der Waals surface area contributed by atoms with Gasteiger partial charge in [-0.15, -0.1) is 0 Å². The van der Waals surface area contributed by atoms with Gasteiger partial charge in [-0.1, -0.05) is 31.2 Å². The maximum Gasteiger partial charge on any atom is 0.242 e. The number of rotatable bonds is 13. The molecule has 2 rings (SSSR count). The van der Waals surface area contributed by atoms with Crippen LogP contribution >= 0.6 is 0 Å². The van der Waals surface area contributed by atoms with E-state index in [9.17, 15) is 18.0 Å². The molecule has 9 heteroatoms. The lowest BCUT2D eigenvalue weighted by Gasteiger charge is -2.31. The molecule has 0 radical (unpaired) electrons. The quantitative estimate of drug-likeness (QED) is 0.451. The first-order valence-electron chi connectivity index (χ1n) is 11.8. The molecule has 1 N–H and O–H groups in total. The second kappa shape index (κ2) is 13.1. The summed E-state index contributed by atoms with van der Waals surface area (Å²) in [7, 11) is -1.93. The summed E-state index contributed by atoms with van der Waals surface area (Å²) >= 11 is 0. The number of hydrogen-bond acceptors (Lipinski definition) is 5. The Morgan fingerprint density at radius 1 is 1.09 bits per heavy atom. The molecule has 0 saturated carbocycles. The number of carbonyl (C=O) groups excluding carboxylic acids is 2. The first-order chi connectivity index (χ1) is 16.6. The number of ether oxygens (including phenoxy) is 1. The van der Waals surface area contributed by atoms with Gasteiger partial charge in [-0.2, -0.15) is 0 Å². The molecule has 0 aliphatic heterocycles. The molecule has 2 aromatic rings. The summed E-state index contributed by atoms with van der Waals surface area (Å²) in [6, 6.07) is 14.0. The topological polar surface area (TPSA) is 96.0 Å². The van der Waals surface area contributed by atoms with Gasteiger partial charge in [-0.3, -0.25) is 13.9 Å². The minimum absolute atomic E-state index is 0.115. The van der Waals surface area contributed by atoms with Crippen molar-refractivity contribution in [2.24, 2.45) is 0 Å². The van der Waals surface area contributed by atoms with Crippen LogP contribution in [0.15, 0.2) is 48.5 Å². The van der Waals surface area contributed by atoms with Gasteiger partial charge >= 0.3 is 0 Å². The van der Waals surface area contributed by atoms with E-state index in [1.807, 2.05) is 57.2 Å². The Labute approximate surface area is 209 Å². The summed E-state index contributed by atoms with van der Waals surface area (Å²) in [6.45, 7) is 6.52. The maximum absolute atomic E-state index is 13.4. The predicted octanol–water partition coefficient (Wildman–Crippen LogP) is 3.49. The largest absolute Gasteiger partial charge is 0.497 e. The van der Waals surface area contributed by atoms with Gasteiger partial charge in [0.15, 0.2) is 0 Å². The van der Waals surface area contributed by atoms with Crippen LogP contribution in [0.5, 0.6) is 5.75 Å². The fourth-order valence-electron chi connectivity index (χ4n) is 3.93. The number of sulfonamides is 1. The molecule has 0 unspecified atom stereocenters. The molecule has 0 spiro atoms. The molecule has 2 amide bonds. The highest BCUT2D eigenvalue weighted by Crippen LogP contribution is 2.21. The summed E-state index contributed by atoms with van der Waals surface area (Å²) in [5.74, 6) is 0.311. The van der Waals surface area contributed by atoms with Crippen LogP contribution in [0, 0.1) is 6.92 Å². The molecular formula is C26H37N3O5S. The molecule has 0 aliphatic rings. The zero-order chi connectivity index (χ0) is 26.0. The third-order valence-corrected chi connectivity index (χ3v) is 6.88. The van der Waals surface area contributed by atoms with Crippen LogP contribution in [-0.4, -0.2) is 57.6 Å². The van der Waals surface area contributed by atoms with Gasteiger partial charge in [-0.05, 0) is 62.1 Å². The van der Waals surface area contributed by atoms with Crippen LogP contribution < -0.4 is 14.4 Å². The zero-order valence-corrected chi connectivity index (χ0v) is 22.1. The lowest BCUT2D eigenvalue weighted by atomic mass is 10.1. The number of likely N-dealkylation sites (N-methyl/N-ethyl adjacent to an activating group) is 1. The molecule has 35 heavy (non-hydrogen) atoms. The molecule has 0 heterocycles. The monoisotopic (exact) mass is 503 g/mol. The Morgan fingerprint density at radius 2 is 1.77 bits per heavy atom. The van der Waals surface area contributed by atoms with Gasteiger partial charge in [0.1, 0.15) is 11.8 Å². The van der Waals surface area contributed by atoms with Gasteiger partial charge in [0.25, 0.3) is 0 Å². The number of nitrogens with one attached hydrogen (secondary N) is 1. The average molecular weight is 504 g/mol. The first-order valence-corrected chi connectivity index (χ1v) is 13.7. The lowest BCUT2D eigenvalue weighted by Crippen LogP contribution is -2.49. The van der Waals surface area contributed by atoms with E-state index in [0.29, 0.717) is 30.8 Å². The minimum atomic E-state index is -3.52. The van der Waals surface area contributed by atoms with E-state index in [2.05, 4.69) is 5.32 Å². The van der Waals surface area contributed by atoms with Crippen molar-refractivity contribution in [2.75, 3.05) is 30.8 Å². The summed E-state index contributed by atoms with van der Waals surface area (Å²) < 4.78 is 31.4. The van der Waals surface area contributed by atoms with Crippen molar-refractivity contribution in [1.29, 1.82) is 0 Å². The fourth-order valence-corrected chi connectivity index (χ4v) is 4.88. The third kappa shape index (κ3) is 8.28. The maximum atomic E-state index is 13.4. The standard InChI is InChI=1S/C26H37N3O5S/c1-6-24(26(31)27-7-2)28(19-21-13-15-23(34-4)16-14-21)25(30)12-9-17-29(35(5,32)33)22-11-8-10-20(3)18-22/h8,10-11,13-16,18,24H,6-7,9,12,17,19H2,1-5H3,(H,27,31)/t24-/m0/s1. The zero-order valence-electron chi connectivity index (χ0n) is 21.3. The van der Waals surface area contributed by atoms with E-state index >= 15 is 0 Å². The minimum Gasteiger partial charge on any atom is -0.497 e. The van der Waals surface area contributed by atoms with E-state index in [0.717, 1.165) is 17.4 Å². The predicted molar refractivity (Wildman–Crippen MR) is 139 cm³/mol. The van der Waals surface area contributed by atoms with Crippen molar-refractivity contribution in [3.05, 3.63) is 59.7 Å². The second-order valence-electron chi connectivity index (χ2n) is 8.47. The van der Waals surface area contributed by atoms with Crippen LogP contribution in [0.4, 0.5) is 5.69 Å². The van der Waals surface area contributed by atoms with E-state index in [-0.39, 0.29) is 31.3 Å². The average Bonchev–Trinajstić information content (AvgIpc) is 2.81. The molecule has 2 aromatic carbocycles. The SMILES string of the molecule is CCNC(=O)[C@H](CC)N(Cc1ccc(OC)cc1)C(=O)CCCN(c1cccc(C)c1)S(C)(=O)=O. The van der Waals surface area contributed by atoms with Crippen LogP contribution in [0.2, 0.25) is 0 Å². The first kappa shape index (κ1) is 28.2. The Kier molecular flexibility index (Phi) is 10.6. The van der Waals surface area contributed by atoms with E-state index in [1.54, 1.807) is 24.1 Å². The fraction of sp³-hybridized carbons (Fsp3) is 0.462. The number of carbonyl (C=O) groups is 2. The van der Waals surface area contributed by atoms with Crippen LogP contribution in [0.3, 0.4) is 0 Å². The molecule has 8 nitrogen and oxygen atoms in total. The highest BCUT2D eigenvalue weighted by atomic mass is 32.2. The van der Waals surface area contributed by atoms with Crippen molar-refractivity contribution < 1.29 is 22.7 Å². The van der Waals surface area contributed by atoms with Gasteiger partial charge in [0, 0.05) is 26.1 Å². The van der Waals surface area contributed by atoms with Gasteiger partial charge in [0.05, 0.1) is 19.1 Å². The van der Waals surface area contributed by atoms with Gasteiger partial charge in [0.2, 0.25) is 21.8 Å². The normalized spacial score (nSPS) is 12.0. The van der Waals surface area contributed by atoms with Crippen LogP contribution in [-0.2, 0) is 26.2 Å². The molecule has 1 atom stereocenters. The molecular weight excluding hydrogens is 466 g/mol. The van der Waals surface area contributed by atoms with Crippen molar-refractivity contribution in [3.8, 4) is 5.75 Å². The Balaban J connectivity index is 2.20. The number of aryl methyl sites for hydroxylation is 1. The second-order valence-corrected chi connectivity index (χ2v) is 10.4. The van der Waals surface area contributed by atoms with Crippen molar-refractivity contribution >= 4 is 27.5 Å². The number of hydrogen-bond donors (Lipinski definition) is 1. The van der Waals surface area contributed by atoms with Crippen molar-refractivity contribution in [2.45, 2.75) is 52.6 Å². The Morgan fingerprint density at radius 3 is 2.31 bits per heavy atom. The van der Waals surface area contributed by atoms with Gasteiger partial charge < -0.3 is 15.0 Å². The summed E-state index contributed by atoms with van der Waals surface area (Å²) in [5.41, 5.74) is 2.40. The molecule has 0 fully saturated rings. The number of nitrogens with zero attached hydrogens (tertiary/aromatic N) is 2. The van der Waals surface area contributed by atoms with Gasteiger partial charge in [-0.25, -0.2) is 8.42 Å². The Hall–Kier alpha value is -3.07. The van der Waals surface area contributed by atoms with E-state index in [4.69, 9.17) is 4.74 Å². The molecule has 0 saturated heterocycles. The molecule has 0 aromatic heterocycles. The molecule has 0 bridgehead atoms. The number of methoxy groups -OCH3 is 1. The highest BCUT2D eigenvalue weighted by molar-refractivity contribution is 7.92. The lowest BCUT2D eigenvalue weighted by molar-refractivity contribution is -0.141.